The van der Waals surface area contributed by atoms with E-state index in [9.17, 15) is 18.5 Å². The van der Waals surface area contributed by atoms with Crippen LogP contribution in [-0.4, -0.2) is 53.6 Å². The predicted octanol–water partition coefficient (Wildman–Crippen LogP) is 1.91. The number of aryl methyl sites for hydroxylation is 2. The molecule has 0 radical (unpaired) electrons. The molecule has 1 aliphatic rings. The summed E-state index contributed by atoms with van der Waals surface area (Å²) in [6.07, 6.45) is 0. The third kappa shape index (κ3) is 3.33. The van der Waals surface area contributed by atoms with Crippen molar-refractivity contribution in [3.63, 3.8) is 0 Å². The zero-order chi connectivity index (χ0) is 19.1. The molecule has 26 heavy (non-hydrogen) atoms. The molecule has 3 rings (SSSR count). The molecule has 11 heteroatoms. The number of benzene rings is 1. The summed E-state index contributed by atoms with van der Waals surface area (Å²) in [4.78, 5) is 13.0. The van der Waals surface area contributed by atoms with Crippen molar-refractivity contribution in [1.29, 1.82) is 0 Å². The van der Waals surface area contributed by atoms with Gasteiger partial charge in [0.1, 0.15) is 5.69 Å². The molecule has 1 aromatic heterocycles. The van der Waals surface area contributed by atoms with Crippen molar-refractivity contribution in [2.75, 3.05) is 31.1 Å². The van der Waals surface area contributed by atoms with Gasteiger partial charge in [-0.2, -0.15) is 9.40 Å². The minimum absolute atomic E-state index is 0.0308. The van der Waals surface area contributed by atoms with Crippen LogP contribution in [0, 0.1) is 17.0 Å². The molecule has 0 saturated carbocycles. The highest BCUT2D eigenvalue weighted by atomic mass is 79.9. The Morgan fingerprint density at radius 1 is 1.15 bits per heavy atom. The monoisotopic (exact) mass is 443 g/mol. The SMILES string of the molecule is Cc1nn(C)c(N2CCN(S(=O)(=O)c3ccc(Br)cc3)CC2)c1[N+](=O)[O-]. The summed E-state index contributed by atoms with van der Waals surface area (Å²) in [5.74, 6) is 0.410. The number of hydrogen-bond acceptors (Lipinski definition) is 6. The molecule has 1 aliphatic heterocycles. The summed E-state index contributed by atoms with van der Waals surface area (Å²) in [5, 5.41) is 15.5. The van der Waals surface area contributed by atoms with Gasteiger partial charge in [0, 0.05) is 37.7 Å². The van der Waals surface area contributed by atoms with Gasteiger partial charge in [-0.3, -0.25) is 10.1 Å². The van der Waals surface area contributed by atoms with Gasteiger partial charge in [0.2, 0.25) is 15.8 Å². The van der Waals surface area contributed by atoms with Crippen LogP contribution in [0.4, 0.5) is 11.5 Å². The molecular formula is C15H18BrN5O4S. The average molecular weight is 444 g/mol. The van der Waals surface area contributed by atoms with Gasteiger partial charge in [-0.1, -0.05) is 15.9 Å². The third-order valence-electron chi connectivity index (χ3n) is 4.33. The Morgan fingerprint density at radius 3 is 2.27 bits per heavy atom. The van der Waals surface area contributed by atoms with E-state index in [1.54, 1.807) is 38.2 Å². The van der Waals surface area contributed by atoms with E-state index in [2.05, 4.69) is 21.0 Å². The van der Waals surface area contributed by atoms with E-state index in [1.807, 2.05) is 4.90 Å². The zero-order valence-electron chi connectivity index (χ0n) is 14.3. The van der Waals surface area contributed by atoms with Crippen LogP contribution in [0.25, 0.3) is 0 Å². The van der Waals surface area contributed by atoms with Crippen LogP contribution in [0.3, 0.4) is 0 Å². The lowest BCUT2D eigenvalue weighted by Gasteiger charge is -2.34. The maximum Gasteiger partial charge on any atom is 0.333 e. The fraction of sp³-hybridized carbons (Fsp3) is 0.400. The molecule has 9 nitrogen and oxygen atoms in total. The van der Waals surface area contributed by atoms with Gasteiger partial charge < -0.3 is 4.90 Å². The molecular weight excluding hydrogens is 426 g/mol. The highest BCUT2D eigenvalue weighted by Crippen LogP contribution is 2.32. The highest BCUT2D eigenvalue weighted by Gasteiger charge is 2.33. The predicted molar refractivity (Wildman–Crippen MR) is 99.7 cm³/mol. The molecule has 2 aromatic rings. The second-order valence-electron chi connectivity index (χ2n) is 5.98. The minimum Gasteiger partial charge on any atom is -0.348 e. The first-order valence-electron chi connectivity index (χ1n) is 7.90. The summed E-state index contributed by atoms with van der Waals surface area (Å²) in [6.45, 7) is 2.81. The Morgan fingerprint density at radius 2 is 1.73 bits per heavy atom. The smallest absolute Gasteiger partial charge is 0.333 e. The Bertz CT molecular complexity index is 934. The lowest BCUT2D eigenvalue weighted by Crippen LogP contribution is -2.49. The molecule has 0 N–H and O–H groups in total. The van der Waals surface area contributed by atoms with E-state index in [1.165, 1.54) is 8.99 Å². The fourth-order valence-corrected chi connectivity index (χ4v) is 4.79. The second kappa shape index (κ2) is 6.97. The minimum atomic E-state index is -3.59. The molecule has 1 fully saturated rings. The van der Waals surface area contributed by atoms with Crippen molar-refractivity contribution >= 4 is 37.5 Å². The van der Waals surface area contributed by atoms with E-state index in [-0.39, 0.29) is 23.7 Å². The molecule has 0 aliphatic carbocycles. The Kier molecular flexibility index (Phi) is 5.04. The summed E-state index contributed by atoms with van der Waals surface area (Å²) in [6, 6.07) is 6.48. The first kappa shape index (κ1) is 18.8. The average Bonchev–Trinajstić information content (AvgIpc) is 2.89. The van der Waals surface area contributed by atoms with Crippen LogP contribution < -0.4 is 4.90 Å². The standard InChI is InChI=1S/C15H18BrN5O4S/c1-11-14(21(22)23)15(18(2)17-11)19-7-9-20(10-8-19)26(24,25)13-5-3-12(16)4-6-13/h3-6H,7-10H2,1-2H3. The summed E-state index contributed by atoms with van der Waals surface area (Å²) >= 11 is 3.29. The van der Waals surface area contributed by atoms with Crippen molar-refractivity contribution in [1.82, 2.24) is 14.1 Å². The van der Waals surface area contributed by atoms with E-state index in [0.717, 1.165) is 4.47 Å². The molecule has 0 unspecified atom stereocenters. The van der Waals surface area contributed by atoms with Gasteiger partial charge in [0.05, 0.1) is 9.82 Å². The lowest BCUT2D eigenvalue weighted by molar-refractivity contribution is -0.384. The van der Waals surface area contributed by atoms with E-state index in [0.29, 0.717) is 24.6 Å². The number of nitro groups is 1. The number of sulfonamides is 1. The van der Waals surface area contributed by atoms with Crippen LogP contribution in [-0.2, 0) is 17.1 Å². The molecule has 1 aromatic carbocycles. The van der Waals surface area contributed by atoms with Gasteiger partial charge in [-0.15, -0.1) is 0 Å². The van der Waals surface area contributed by atoms with Crippen LogP contribution in [0.15, 0.2) is 33.6 Å². The fourth-order valence-electron chi connectivity index (χ4n) is 3.10. The quantitative estimate of drug-likeness (QED) is 0.528. The maximum absolute atomic E-state index is 12.8. The third-order valence-corrected chi connectivity index (χ3v) is 6.77. The van der Waals surface area contributed by atoms with E-state index < -0.39 is 14.9 Å². The number of anilines is 1. The number of piperazine rings is 1. The summed E-state index contributed by atoms with van der Waals surface area (Å²) in [7, 11) is -1.93. The Balaban J connectivity index is 1.80. The van der Waals surface area contributed by atoms with Gasteiger partial charge in [0.25, 0.3) is 0 Å². The van der Waals surface area contributed by atoms with Crippen LogP contribution in [0.2, 0.25) is 0 Å². The molecule has 2 heterocycles. The summed E-state index contributed by atoms with van der Waals surface area (Å²) in [5.41, 5.74) is 0.314. The highest BCUT2D eigenvalue weighted by molar-refractivity contribution is 9.10. The summed E-state index contributed by atoms with van der Waals surface area (Å²) < 4.78 is 29.2. The van der Waals surface area contributed by atoms with Crippen molar-refractivity contribution in [2.24, 2.45) is 7.05 Å². The number of rotatable bonds is 4. The number of halogens is 1. The Hall–Kier alpha value is -1.98. The van der Waals surface area contributed by atoms with Crippen molar-refractivity contribution in [2.45, 2.75) is 11.8 Å². The van der Waals surface area contributed by atoms with Crippen molar-refractivity contribution < 1.29 is 13.3 Å². The number of aromatic nitrogens is 2. The van der Waals surface area contributed by atoms with Crippen LogP contribution in [0.5, 0.6) is 0 Å². The van der Waals surface area contributed by atoms with Gasteiger partial charge in [0.15, 0.2) is 0 Å². The number of nitrogens with zero attached hydrogens (tertiary/aromatic N) is 5. The van der Waals surface area contributed by atoms with Gasteiger partial charge >= 0.3 is 5.69 Å². The zero-order valence-corrected chi connectivity index (χ0v) is 16.7. The first-order chi connectivity index (χ1) is 12.2. The van der Waals surface area contributed by atoms with E-state index in [4.69, 9.17) is 0 Å². The topological polar surface area (TPSA) is 102 Å². The van der Waals surface area contributed by atoms with Crippen LogP contribution in [0.1, 0.15) is 5.69 Å². The molecule has 0 spiro atoms. The molecule has 140 valence electrons. The second-order valence-corrected chi connectivity index (χ2v) is 8.84. The maximum atomic E-state index is 12.8. The normalized spacial score (nSPS) is 16.0. The Labute approximate surface area is 159 Å². The van der Waals surface area contributed by atoms with Gasteiger partial charge in [-0.25, -0.2) is 13.1 Å². The van der Waals surface area contributed by atoms with Gasteiger partial charge in [-0.05, 0) is 31.2 Å². The number of hydrogen-bond donors (Lipinski definition) is 0. The molecule has 0 bridgehead atoms. The van der Waals surface area contributed by atoms with Crippen molar-refractivity contribution in [3.8, 4) is 0 Å². The van der Waals surface area contributed by atoms with E-state index >= 15 is 0 Å². The lowest BCUT2D eigenvalue weighted by atomic mass is 10.3. The molecule has 0 atom stereocenters. The molecule has 0 amide bonds. The molecule has 1 saturated heterocycles. The van der Waals surface area contributed by atoms with Crippen LogP contribution >= 0.6 is 15.9 Å². The first-order valence-corrected chi connectivity index (χ1v) is 10.1. The van der Waals surface area contributed by atoms with Crippen molar-refractivity contribution in [3.05, 3.63) is 44.5 Å². The largest absolute Gasteiger partial charge is 0.348 e.